The molecular formula is C21H41N7O10. The summed E-state index contributed by atoms with van der Waals surface area (Å²) in [6, 6.07) is -5.58. The Kier molecular flexibility index (Phi) is 9.66. The molecule has 0 aromatic carbocycles. The number of nitrogens with two attached hydrogens (primary N) is 5. The van der Waals surface area contributed by atoms with E-state index in [2.05, 4.69) is 10.5 Å². The maximum Gasteiger partial charge on any atom is 0.189 e. The summed E-state index contributed by atoms with van der Waals surface area (Å²) in [5.41, 5.74) is 30.5. The van der Waals surface area contributed by atoms with Crippen molar-refractivity contribution >= 4 is 0 Å². The number of aliphatic hydroxyl groups excluding tert-OH is 4. The number of nitrogens with zero attached hydrogens (tertiary/aromatic N) is 1. The van der Waals surface area contributed by atoms with Gasteiger partial charge in [0.25, 0.3) is 0 Å². The van der Waals surface area contributed by atoms with Crippen LogP contribution >= 0.6 is 0 Å². The van der Waals surface area contributed by atoms with E-state index in [9.17, 15) is 25.3 Å². The van der Waals surface area contributed by atoms with Crippen molar-refractivity contribution in [2.24, 2.45) is 33.8 Å². The zero-order valence-corrected chi connectivity index (χ0v) is 21.0. The molecule has 0 aromatic heterocycles. The summed E-state index contributed by atoms with van der Waals surface area (Å²) in [5.74, 6) is 0. The van der Waals surface area contributed by atoms with Crippen molar-refractivity contribution in [3.8, 4) is 0 Å². The molecule has 0 aromatic rings. The summed E-state index contributed by atoms with van der Waals surface area (Å²) in [6.07, 6.45) is -10.8. The third-order valence-corrected chi connectivity index (χ3v) is 7.95. The number of nitroso groups, excluding NO2 is 1. The van der Waals surface area contributed by atoms with E-state index in [1.54, 1.807) is 7.05 Å². The Bertz CT molecular complexity index is 801. The first-order valence-corrected chi connectivity index (χ1v) is 12.7. The summed E-state index contributed by atoms with van der Waals surface area (Å²) in [4.78, 5) is 11.3. The smallest absolute Gasteiger partial charge is 0.189 e. The van der Waals surface area contributed by atoms with Gasteiger partial charge in [0.1, 0.15) is 36.6 Å². The van der Waals surface area contributed by atoms with Gasteiger partial charge >= 0.3 is 0 Å². The molecule has 1 aliphatic carbocycles. The molecule has 17 nitrogen and oxygen atoms in total. The predicted octanol–water partition coefficient (Wildman–Crippen LogP) is -6.21. The quantitative estimate of drug-likeness (QED) is 0.132. The molecule has 3 saturated heterocycles. The molecule has 38 heavy (non-hydrogen) atoms. The third kappa shape index (κ3) is 5.60. The summed E-state index contributed by atoms with van der Waals surface area (Å²) >= 11 is 0. The van der Waals surface area contributed by atoms with Crippen LogP contribution in [-0.4, -0.2) is 138 Å². The van der Waals surface area contributed by atoms with Gasteiger partial charge in [0.2, 0.25) is 0 Å². The zero-order valence-electron chi connectivity index (χ0n) is 21.0. The lowest BCUT2D eigenvalue weighted by molar-refractivity contribution is -0.371. The highest BCUT2D eigenvalue weighted by molar-refractivity contribution is 5.05. The van der Waals surface area contributed by atoms with Crippen molar-refractivity contribution in [3.63, 3.8) is 0 Å². The molecular weight excluding hydrogens is 510 g/mol. The van der Waals surface area contributed by atoms with Crippen LogP contribution in [-0.2, 0) is 23.7 Å². The van der Waals surface area contributed by atoms with E-state index in [0.29, 0.717) is 0 Å². The lowest BCUT2D eigenvalue weighted by Crippen LogP contribution is -2.70. The van der Waals surface area contributed by atoms with Crippen LogP contribution in [0.1, 0.15) is 12.8 Å². The van der Waals surface area contributed by atoms with Crippen LogP contribution in [0, 0.1) is 4.91 Å². The minimum absolute atomic E-state index is 0.176. The molecule has 4 rings (SSSR count). The van der Waals surface area contributed by atoms with Gasteiger partial charge in [-0.05, 0) is 19.9 Å². The van der Waals surface area contributed by atoms with E-state index in [1.165, 1.54) is 0 Å². The molecule has 3 heterocycles. The van der Waals surface area contributed by atoms with Crippen molar-refractivity contribution in [1.82, 2.24) is 5.32 Å². The minimum Gasteiger partial charge on any atom is -0.394 e. The SMILES string of the molecule is CNC1C(O[C@H]2OC(CO)[C@@H](N)C(O)C2O)O[C@H]2CC(N)[C@@H](O[C@@H]3C(N)C[C@@H](N)C(N=O)C3N)OC2C1O. The highest BCUT2D eigenvalue weighted by atomic mass is 16.8. The first kappa shape index (κ1) is 30.0. The van der Waals surface area contributed by atoms with Crippen LogP contribution in [0.5, 0.6) is 0 Å². The predicted molar refractivity (Wildman–Crippen MR) is 129 cm³/mol. The topological polar surface area (TPSA) is 299 Å². The van der Waals surface area contributed by atoms with Crippen LogP contribution in [0.15, 0.2) is 5.18 Å². The molecule has 4 aliphatic rings. The number of ether oxygens (including phenoxy) is 5. The number of aliphatic hydroxyl groups is 4. The molecule has 0 spiro atoms. The van der Waals surface area contributed by atoms with Gasteiger partial charge < -0.3 is 78.1 Å². The maximum absolute atomic E-state index is 11.3. The number of hydrogen-bond acceptors (Lipinski definition) is 17. The molecule has 0 radical (unpaired) electrons. The molecule has 220 valence electrons. The lowest BCUT2D eigenvalue weighted by Gasteiger charge is -2.51. The van der Waals surface area contributed by atoms with E-state index < -0.39 is 110 Å². The number of fused-ring (bicyclic) bond motifs is 1. The Morgan fingerprint density at radius 3 is 2.18 bits per heavy atom. The summed E-state index contributed by atoms with van der Waals surface area (Å²) in [7, 11) is 1.56. The largest absolute Gasteiger partial charge is 0.394 e. The number of likely N-dealkylation sites (N-methyl/N-ethyl adjacent to an activating group) is 1. The average molecular weight is 552 g/mol. The first-order chi connectivity index (χ1) is 18.0. The fraction of sp³-hybridized carbons (Fsp3) is 1.00. The summed E-state index contributed by atoms with van der Waals surface area (Å²) in [6.45, 7) is -0.507. The Balaban J connectivity index is 1.44. The molecule has 4 fully saturated rings. The Morgan fingerprint density at radius 2 is 1.55 bits per heavy atom. The van der Waals surface area contributed by atoms with Gasteiger partial charge in [0, 0.05) is 12.1 Å². The summed E-state index contributed by atoms with van der Waals surface area (Å²) < 4.78 is 29.5. The van der Waals surface area contributed by atoms with Gasteiger partial charge in [0.05, 0.1) is 43.0 Å². The minimum atomic E-state index is -1.53. The van der Waals surface area contributed by atoms with Crippen LogP contribution < -0.4 is 34.0 Å². The van der Waals surface area contributed by atoms with Crippen LogP contribution in [0.3, 0.4) is 0 Å². The second-order valence-electron chi connectivity index (χ2n) is 10.5. The van der Waals surface area contributed by atoms with Crippen molar-refractivity contribution in [1.29, 1.82) is 0 Å². The van der Waals surface area contributed by atoms with Crippen molar-refractivity contribution in [2.45, 2.75) is 117 Å². The molecule has 3 aliphatic heterocycles. The van der Waals surface area contributed by atoms with Crippen LogP contribution in [0.4, 0.5) is 0 Å². The normalized spacial score (nSPS) is 53.8. The van der Waals surface area contributed by atoms with Crippen LogP contribution in [0.2, 0.25) is 0 Å². The number of hydrogen-bond donors (Lipinski definition) is 10. The fourth-order valence-corrected chi connectivity index (χ4v) is 5.68. The van der Waals surface area contributed by atoms with Gasteiger partial charge in [-0.3, -0.25) is 0 Å². The first-order valence-electron chi connectivity index (χ1n) is 12.7. The van der Waals surface area contributed by atoms with E-state index in [-0.39, 0.29) is 12.8 Å². The Morgan fingerprint density at radius 1 is 0.842 bits per heavy atom. The molecule has 17 atom stereocenters. The standard InChI is InChI=1S/C21H41N7O10/c1-27-13-15(31)18-8(34-20(13)38-21-16(32)14(30)10(25)9(4-29)35-21)3-7(24)19(37-18)36-17-6(23)2-5(22)12(28-33)11(17)26/h5-21,27,29-32H,2-4,22-26H2,1H3/t5-,6?,7?,8+,9?,10-,11?,12?,13?,14?,15?,16?,17-,18?,19+,20?,21-/m1/s1. The number of rotatable bonds is 7. The number of nitrogens with one attached hydrogen (secondary N) is 1. The molecule has 0 amide bonds. The van der Waals surface area contributed by atoms with Crippen molar-refractivity contribution in [2.75, 3.05) is 13.7 Å². The van der Waals surface area contributed by atoms with Crippen LogP contribution in [0.25, 0.3) is 0 Å². The molecule has 11 unspecified atom stereocenters. The average Bonchev–Trinajstić information content (AvgIpc) is 2.87. The molecule has 15 N–H and O–H groups in total. The van der Waals surface area contributed by atoms with Gasteiger partial charge in [-0.1, -0.05) is 5.18 Å². The lowest BCUT2D eigenvalue weighted by atomic mass is 9.82. The van der Waals surface area contributed by atoms with E-state index in [0.717, 1.165) is 0 Å². The van der Waals surface area contributed by atoms with Gasteiger partial charge in [-0.2, -0.15) is 4.91 Å². The Hall–Kier alpha value is -1.00. The molecule has 1 saturated carbocycles. The monoisotopic (exact) mass is 551 g/mol. The van der Waals surface area contributed by atoms with Gasteiger partial charge in [-0.15, -0.1) is 0 Å². The fourth-order valence-electron chi connectivity index (χ4n) is 5.68. The Labute approximate surface area is 219 Å². The third-order valence-electron chi connectivity index (χ3n) is 7.95. The maximum atomic E-state index is 11.3. The highest BCUT2D eigenvalue weighted by Crippen LogP contribution is 2.35. The second-order valence-corrected chi connectivity index (χ2v) is 10.5. The summed E-state index contributed by atoms with van der Waals surface area (Å²) in [5, 5.41) is 47.3. The van der Waals surface area contributed by atoms with Crippen molar-refractivity contribution < 1.29 is 44.1 Å². The van der Waals surface area contributed by atoms with Gasteiger partial charge in [-0.25, -0.2) is 0 Å². The van der Waals surface area contributed by atoms with Gasteiger partial charge in [0.15, 0.2) is 18.9 Å². The molecule has 0 bridgehead atoms. The van der Waals surface area contributed by atoms with E-state index in [4.69, 9.17) is 52.4 Å². The molecule has 17 heteroatoms. The van der Waals surface area contributed by atoms with Crippen molar-refractivity contribution in [3.05, 3.63) is 4.91 Å². The highest BCUT2D eigenvalue weighted by Gasteiger charge is 2.54. The zero-order chi connectivity index (χ0) is 27.9. The van der Waals surface area contributed by atoms with E-state index >= 15 is 0 Å². The van der Waals surface area contributed by atoms with E-state index in [1.807, 2.05) is 0 Å². The second kappa shape index (κ2) is 12.2.